The summed E-state index contributed by atoms with van der Waals surface area (Å²) in [6.07, 6.45) is -1.80. The lowest BCUT2D eigenvalue weighted by molar-refractivity contribution is -0.385. The normalized spacial score (nSPS) is 14.3. The van der Waals surface area contributed by atoms with Crippen molar-refractivity contribution in [3.63, 3.8) is 0 Å². The summed E-state index contributed by atoms with van der Waals surface area (Å²) in [6, 6.07) is -7.00. The number of benzene rings is 2. The van der Waals surface area contributed by atoms with Gasteiger partial charge in [-0.15, -0.1) is 0 Å². The van der Waals surface area contributed by atoms with Crippen molar-refractivity contribution < 1.29 is 82.9 Å². The quantitative estimate of drug-likeness (QED) is 0.00751. The second-order valence-electron chi connectivity index (χ2n) is 25.8. The van der Waals surface area contributed by atoms with E-state index < -0.39 is 185 Å². The van der Waals surface area contributed by atoms with Crippen LogP contribution in [-0.2, 0) is 59.2 Å². The first-order valence-electron chi connectivity index (χ1n) is 31.1. The molecule has 10 atom stereocenters. The van der Waals surface area contributed by atoms with Crippen LogP contribution in [0, 0.1) is 26.9 Å². The van der Waals surface area contributed by atoms with E-state index >= 15 is 0 Å². The Labute approximate surface area is 566 Å². The number of anilines is 1. The molecule has 0 saturated carbocycles. The topological polar surface area (TPSA) is 607 Å². The fourth-order valence-electron chi connectivity index (χ4n) is 9.26. The van der Waals surface area contributed by atoms with Crippen LogP contribution in [0.4, 0.5) is 11.4 Å². The van der Waals surface area contributed by atoms with Crippen LogP contribution in [0.25, 0.3) is 0 Å². The molecule has 0 unspecified atom stereocenters. The van der Waals surface area contributed by atoms with E-state index in [9.17, 15) is 88.1 Å². The van der Waals surface area contributed by atoms with Gasteiger partial charge in [0.25, 0.3) is 5.91 Å². The van der Waals surface area contributed by atoms with Crippen molar-refractivity contribution in [3.8, 4) is 5.75 Å². The van der Waals surface area contributed by atoms with Crippen molar-refractivity contribution in [2.24, 2.45) is 49.7 Å². The van der Waals surface area contributed by atoms with E-state index in [1.807, 2.05) is 0 Å². The number of aromatic hydroxyl groups is 1. The number of guanidine groups is 2. The number of nitrogen functional groups attached to an aromatic ring is 1. The predicted molar refractivity (Wildman–Crippen MR) is 357 cm³/mol. The van der Waals surface area contributed by atoms with E-state index in [4.69, 9.17) is 28.7 Å². The number of aliphatic hydroxyl groups is 2. The highest BCUT2D eigenvalue weighted by atomic mass is 16.6. The first-order valence-corrected chi connectivity index (χ1v) is 31.1. The average molecular weight is 1380 g/mol. The number of aliphatic carboxylic acids is 1. The lowest BCUT2D eigenvalue weighted by Crippen LogP contribution is -2.63. The molecular weight excluding hydrogens is 1290 g/mol. The Morgan fingerprint density at radius 3 is 1.48 bits per heavy atom. The van der Waals surface area contributed by atoms with E-state index in [-0.39, 0.29) is 79.8 Å². The summed E-state index contributed by atoms with van der Waals surface area (Å²) >= 11 is 0. The largest absolute Gasteiger partial charge is 0.502 e. The highest BCUT2D eigenvalue weighted by Gasteiger charge is 2.42. The molecule has 0 aliphatic rings. The van der Waals surface area contributed by atoms with Gasteiger partial charge in [-0.3, -0.25) is 72.8 Å². The number of amides is 11. The highest BCUT2D eigenvalue weighted by molar-refractivity contribution is 6.03. The molecule has 98 heavy (non-hydrogen) atoms. The number of rotatable bonds is 38. The Morgan fingerprint density at radius 1 is 0.561 bits per heavy atom. The Hall–Kier alpha value is -10.5. The lowest BCUT2D eigenvalue weighted by Gasteiger charge is -2.36. The number of phenolic OH excluding ortho intramolecular Hbond substituents is 1. The van der Waals surface area contributed by atoms with Gasteiger partial charge in [0.2, 0.25) is 59.1 Å². The molecule has 0 spiro atoms. The van der Waals surface area contributed by atoms with E-state index in [2.05, 4.69) is 63.2 Å². The molecule has 37 nitrogen and oxygen atoms in total. The number of carbonyl (C=O) groups is 12. The molecule has 24 N–H and O–H groups in total. The van der Waals surface area contributed by atoms with E-state index in [1.54, 1.807) is 67.5 Å². The van der Waals surface area contributed by atoms with E-state index in [1.165, 1.54) is 32.3 Å². The molecular formula is C61H97N19O18. The molecule has 0 fully saturated rings. The molecule has 0 saturated heterocycles. The average Bonchev–Trinajstić information content (AvgIpc) is 0.818. The first kappa shape index (κ1) is 83.6. The number of nitro benzene ring substituents is 1. The van der Waals surface area contributed by atoms with Gasteiger partial charge in [0.05, 0.1) is 30.1 Å². The van der Waals surface area contributed by atoms with Crippen LogP contribution < -0.4 is 81.8 Å². The third-order valence-electron chi connectivity index (χ3n) is 14.7. The van der Waals surface area contributed by atoms with Crippen molar-refractivity contribution in [2.45, 2.75) is 168 Å². The molecule has 2 aromatic rings. The van der Waals surface area contributed by atoms with Crippen LogP contribution in [0.15, 0.2) is 52.4 Å². The first-order chi connectivity index (χ1) is 45.5. The Kier molecular flexibility index (Phi) is 33.2. The lowest BCUT2D eigenvalue weighted by atomic mass is 9.83. The molecule has 0 aliphatic carbocycles. The van der Waals surface area contributed by atoms with Gasteiger partial charge in [-0.25, -0.2) is 4.79 Å². The molecule has 37 heteroatoms. The molecule has 0 aliphatic heterocycles. The number of hydrogen-bond donors (Lipinski definition) is 19. The summed E-state index contributed by atoms with van der Waals surface area (Å²) in [7, 11) is 2.75. The van der Waals surface area contributed by atoms with Crippen molar-refractivity contribution >= 4 is 94.2 Å². The SMILES string of the molecule is CC(C)C[C@H](NC(=O)[C@H](CCCN=C(N)N)NC(=O)[C@H](CO)NC(=O)[C@H](CO)NC(=O)[C@H](C)NC(=O)[C@H](CC(=O)N(C)C)NC(=O)[C@@H](NC(=O)[C@@H](NC(=O)c1ccccc1N)C(C)(C)C)C(C)(C)C)C(=O)N[C@@H](Cc1ccc(O)c([N+](=O)[O-])c1)C(=O)N[C@@H](CCCN=C(N)N)C(=O)O. The van der Waals surface area contributed by atoms with E-state index in [0.717, 1.165) is 24.0 Å². The standard InChI is InChI=1S/C61H97N19O18/c1-30(2)24-37(51(89)73-38(25-32-20-21-43(83)42(26-32)80(97)98)52(90)71-36(57(95)96)19-15-23-68-59(65)66)72-49(87)35(18-14-22-67-58(63)64)70-53(91)41(29-82)76-54(92)40(28-81)75-47(85)31(3)69-50(88)39(27-44(84)79(10)11)74-55(93)45(60(4,5)6)78-56(94)46(61(7,8)9)77-48(86)33-16-12-13-17-34(33)62/h12-13,16-17,20-21,26,30-31,35-41,45-46,81-83H,14-15,18-19,22-25,27-29,62H2,1-11H3,(H,69,88)(H,70,91)(H,71,90)(H,72,87)(H,73,89)(H,74,93)(H,75,85)(H,76,92)(H,77,86)(H,78,94)(H,95,96)(H4,63,64,67)(H4,65,66,68)/t31-,35-,36-,37-,38-,39-,40-,41-,45+,46+/m0/s1. The molecule has 0 radical (unpaired) electrons. The predicted octanol–water partition coefficient (Wildman–Crippen LogP) is -4.60. The number of hydrogen-bond acceptors (Lipinski definition) is 20. The van der Waals surface area contributed by atoms with Crippen molar-refractivity contribution in [1.82, 2.24) is 58.1 Å². The summed E-state index contributed by atoms with van der Waals surface area (Å²) in [5.41, 5.74) is 25.2. The van der Waals surface area contributed by atoms with Gasteiger partial charge in [-0.05, 0) is 79.5 Å². The van der Waals surface area contributed by atoms with Gasteiger partial charge in [-0.2, -0.15) is 0 Å². The van der Waals surface area contributed by atoms with Gasteiger partial charge in [-0.1, -0.05) is 73.6 Å². The maximum atomic E-state index is 14.3. The molecule has 0 bridgehead atoms. The van der Waals surface area contributed by atoms with Gasteiger partial charge >= 0.3 is 11.7 Å². The maximum absolute atomic E-state index is 14.3. The van der Waals surface area contributed by atoms with Crippen molar-refractivity contribution in [1.29, 1.82) is 0 Å². The number of carboxylic acids is 1. The van der Waals surface area contributed by atoms with Crippen LogP contribution in [0.2, 0.25) is 0 Å². The Balaban J connectivity index is 2.42. The summed E-state index contributed by atoms with van der Waals surface area (Å²) in [4.78, 5) is 185. The monoisotopic (exact) mass is 1380 g/mol. The zero-order valence-corrected chi connectivity index (χ0v) is 56.9. The zero-order chi connectivity index (χ0) is 74.7. The maximum Gasteiger partial charge on any atom is 0.326 e. The van der Waals surface area contributed by atoms with Gasteiger partial charge in [0.1, 0.15) is 60.4 Å². The summed E-state index contributed by atoms with van der Waals surface area (Å²) in [5, 5.41) is 76.9. The minimum atomic E-state index is -1.93. The highest BCUT2D eigenvalue weighted by Crippen LogP contribution is 2.28. The number of aliphatic hydroxyl groups excluding tert-OH is 2. The number of carbonyl (C=O) groups excluding carboxylic acids is 11. The van der Waals surface area contributed by atoms with Gasteiger partial charge < -0.3 is 107 Å². The fraction of sp³-hybridized carbons (Fsp3) is 0.574. The van der Waals surface area contributed by atoms with Gasteiger partial charge in [0, 0.05) is 45.4 Å². The number of phenols is 1. The van der Waals surface area contributed by atoms with E-state index in [0.29, 0.717) is 0 Å². The number of aliphatic imine (C=N–C) groups is 2. The third kappa shape index (κ3) is 28.1. The smallest absolute Gasteiger partial charge is 0.326 e. The van der Waals surface area contributed by atoms with Crippen LogP contribution in [0.3, 0.4) is 0 Å². The number of nitrogens with two attached hydrogens (primary N) is 5. The molecule has 2 rings (SSSR count). The van der Waals surface area contributed by atoms with Crippen LogP contribution in [0.1, 0.15) is 117 Å². The van der Waals surface area contributed by atoms with Gasteiger partial charge in [0.15, 0.2) is 17.7 Å². The number of nitro groups is 1. The second-order valence-corrected chi connectivity index (χ2v) is 25.8. The minimum absolute atomic E-state index is 0.0155. The summed E-state index contributed by atoms with van der Waals surface area (Å²) < 4.78 is 0. The van der Waals surface area contributed by atoms with Crippen LogP contribution in [-0.4, -0.2) is 214 Å². The van der Waals surface area contributed by atoms with Crippen molar-refractivity contribution in [2.75, 3.05) is 46.1 Å². The summed E-state index contributed by atoms with van der Waals surface area (Å²) in [5.74, 6) is -14.2. The fourth-order valence-corrected chi connectivity index (χ4v) is 9.26. The minimum Gasteiger partial charge on any atom is -0.502 e. The number of nitrogens with one attached hydrogen (secondary N) is 10. The van der Waals surface area contributed by atoms with Crippen LogP contribution in [0.5, 0.6) is 5.75 Å². The number of carboxylic acid groups (broad SMARTS) is 1. The molecule has 0 heterocycles. The Morgan fingerprint density at radius 2 is 0.990 bits per heavy atom. The number of para-hydroxylation sites is 1. The summed E-state index contributed by atoms with van der Waals surface area (Å²) in [6.45, 7) is 11.9. The van der Waals surface area contributed by atoms with Crippen LogP contribution >= 0.6 is 0 Å². The molecule has 0 aromatic heterocycles. The molecule has 2 aromatic carbocycles. The molecule has 544 valence electrons. The second kappa shape index (κ2) is 38.9. The zero-order valence-electron chi connectivity index (χ0n) is 56.9. The van der Waals surface area contributed by atoms with Crippen molar-refractivity contribution in [3.05, 3.63) is 63.7 Å². The number of nitrogens with zero attached hydrogens (tertiary/aromatic N) is 4. The molecule has 11 amide bonds. The third-order valence-corrected chi connectivity index (χ3v) is 14.7. The Bertz CT molecular complexity index is 3230.